The van der Waals surface area contributed by atoms with Gasteiger partial charge in [0.05, 0.1) is 82.3 Å². The number of sulfonamides is 1. The molecule has 6 saturated heterocycles. The van der Waals surface area contributed by atoms with Crippen molar-refractivity contribution in [3.05, 3.63) is 0 Å². The maximum Gasteiger partial charge on any atom is 0.249 e. The highest BCUT2D eigenvalue weighted by molar-refractivity contribution is 8.00. The van der Waals surface area contributed by atoms with Gasteiger partial charge in [-0.15, -0.1) is 11.8 Å². The summed E-state index contributed by atoms with van der Waals surface area (Å²) in [4.78, 5) is 94.6. The lowest BCUT2D eigenvalue weighted by molar-refractivity contribution is -0.152. The van der Waals surface area contributed by atoms with Crippen LogP contribution < -0.4 is 26.6 Å². The fraction of sp³-hybridized carbons (Fsp3) is 0.848. The summed E-state index contributed by atoms with van der Waals surface area (Å²) in [5, 5.41) is 15.4. The third-order valence-electron chi connectivity index (χ3n) is 15.9. The SMILES string of the molecule is CS(=O)(=O)N1CCC(C(=O)NCC(=O)NC2NC(C3CCCC(C4CCNC(N5CCN(C(=O)CCOCCOCCOC6CCCC7C(=O)N(C8CCC(=O)NC8=O)C(=O)C67)CC5)C4)C3)CS2)C1. The Bertz CT molecular complexity index is 1990. The molecule has 8 aliphatic rings. The minimum atomic E-state index is -3.34. The first-order valence-corrected chi connectivity index (χ1v) is 28.3. The number of piperazine rings is 1. The highest BCUT2D eigenvalue weighted by atomic mass is 32.2. The molecule has 0 bridgehead atoms. The summed E-state index contributed by atoms with van der Waals surface area (Å²) >= 11 is 1.69. The van der Waals surface area contributed by atoms with Crippen molar-refractivity contribution in [2.45, 2.75) is 113 Å². The molecule has 0 aromatic rings. The van der Waals surface area contributed by atoms with E-state index < -0.39 is 57.6 Å². The lowest BCUT2D eigenvalue weighted by atomic mass is 9.70. The standard InChI is InChI=1S/C46H73N9O12S2/c1-69(63,64)54-14-11-32(27-54)42(59)48-26-39(57)51-46-49-34(28-68-46)31-5-2-4-29(24-31)30-10-13-47-37(25-30)52-15-17-53(18-16-52)40(58)12-19-65-20-21-66-22-23-67-36-7-3-6-33-41(36)45(62)55(44(33)61)35-8-9-38(56)50-43(35)60/h29-37,41,46-47,49H,2-28H2,1H3,(H,48,59)(H,51,57)(H,50,56,60). The molecule has 2 saturated carbocycles. The number of likely N-dealkylation sites (tertiary alicyclic amines) is 1. The average molecular weight is 1010 g/mol. The molecule has 0 aromatic carbocycles. The van der Waals surface area contributed by atoms with Gasteiger partial charge in [-0.05, 0) is 75.7 Å². The van der Waals surface area contributed by atoms with Gasteiger partial charge in [-0.2, -0.15) is 0 Å². The first kappa shape index (κ1) is 52.0. The van der Waals surface area contributed by atoms with Gasteiger partial charge >= 0.3 is 0 Å². The Morgan fingerprint density at radius 2 is 1.55 bits per heavy atom. The molecule has 6 heterocycles. The molecule has 69 heavy (non-hydrogen) atoms. The molecule has 5 N–H and O–H groups in total. The summed E-state index contributed by atoms with van der Waals surface area (Å²) in [7, 11) is -3.34. The maximum absolute atomic E-state index is 13.4. The summed E-state index contributed by atoms with van der Waals surface area (Å²) in [5.41, 5.74) is -0.212. The van der Waals surface area contributed by atoms with Crippen LogP contribution in [0.4, 0.5) is 0 Å². The summed E-state index contributed by atoms with van der Waals surface area (Å²) in [6.07, 6.45) is 11.0. The zero-order valence-electron chi connectivity index (χ0n) is 39.9. The van der Waals surface area contributed by atoms with Gasteiger partial charge in [0.25, 0.3) is 0 Å². The topological polar surface area (TPSA) is 254 Å². The quantitative estimate of drug-likeness (QED) is 0.0782. The molecule has 8 fully saturated rings. The molecule has 0 aromatic heterocycles. The van der Waals surface area contributed by atoms with E-state index in [0.29, 0.717) is 95.1 Å². The third-order valence-corrected chi connectivity index (χ3v) is 18.3. The van der Waals surface area contributed by atoms with Crippen LogP contribution in [0.3, 0.4) is 0 Å². The second-order valence-corrected chi connectivity index (χ2v) is 23.3. The third kappa shape index (κ3) is 13.2. The van der Waals surface area contributed by atoms with Crippen molar-refractivity contribution in [1.29, 1.82) is 0 Å². The van der Waals surface area contributed by atoms with E-state index in [1.54, 1.807) is 11.8 Å². The Balaban J connectivity index is 0.659. The normalized spacial score (nSPS) is 33.9. The van der Waals surface area contributed by atoms with E-state index in [9.17, 15) is 42.0 Å². The second kappa shape index (κ2) is 24.0. The van der Waals surface area contributed by atoms with Crippen molar-refractivity contribution in [2.75, 3.05) is 97.4 Å². The van der Waals surface area contributed by atoms with Crippen LogP contribution in [-0.4, -0.2) is 196 Å². The molecule has 0 spiro atoms. The van der Waals surface area contributed by atoms with Gasteiger partial charge in [-0.1, -0.05) is 19.3 Å². The molecule has 11 atom stereocenters. The van der Waals surface area contributed by atoms with Crippen LogP contribution in [0.2, 0.25) is 0 Å². The summed E-state index contributed by atoms with van der Waals surface area (Å²) in [6.45, 7) is 5.82. The van der Waals surface area contributed by atoms with Crippen LogP contribution in [0.25, 0.3) is 0 Å². The number of nitrogens with zero attached hydrogens (tertiary/aromatic N) is 4. The Kier molecular flexibility index (Phi) is 18.1. The van der Waals surface area contributed by atoms with Crippen molar-refractivity contribution >= 4 is 63.1 Å². The van der Waals surface area contributed by atoms with Crippen molar-refractivity contribution in [2.24, 2.45) is 35.5 Å². The molecule has 0 radical (unpaired) electrons. The fourth-order valence-corrected chi connectivity index (χ4v) is 14.2. The van der Waals surface area contributed by atoms with Crippen molar-refractivity contribution in [3.8, 4) is 0 Å². The first-order valence-electron chi connectivity index (χ1n) is 25.4. The van der Waals surface area contributed by atoms with Gasteiger partial charge < -0.3 is 35.1 Å². The fourth-order valence-electron chi connectivity index (χ4n) is 12.1. The minimum absolute atomic E-state index is 0.0879. The molecule has 8 rings (SSSR count). The second-order valence-electron chi connectivity index (χ2n) is 20.2. The Morgan fingerprint density at radius 1 is 0.812 bits per heavy atom. The van der Waals surface area contributed by atoms with Gasteiger partial charge in [0.1, 0.15) is 11.5 Å². The lowest BCUT2D eigenvalue weighted by Gasteiger charge is -2.45. The molecule has 21 nitrogen and oxygen atoms in total. The zero-order chi connectivity index (χ0) is 48.7. The number of rotatable bonds is 19. The van der Waals surface area contributed by atoms with Gasteiger partial charge in [-0.25, -0.2) is 12.7 Å². The summed E-state index contributed by atoms with van der Waals surface area (Å²) < 4.78 is 42.4. The monoisotopic (exact) mass is 1010 g/mol. The van der Waals surface area contributed by atoms with Crippen molar-refractivity contribution < 1.29 is 56.2 Å². The van der Waals surface area contributed by atoms with Crippen LogP contribution >= 0.6 is 11.8 Å². The molecular formula is C46H73N9O12S2. The van der Waals surface area contributed by atoms with Crippen LogP contribution in [0, 0.1) is 35.5 Å². The number of thioether (sulfide) groups is 1. The van der Waals surface area contributed by atoms with Crippen LogP contribution in [0.1, 0.15) is 83.5 Å². The highest BCUT2D eigenvalue weighted by Crippen LogP contribution is 2.43. The van der Waals surface area contributed by atoms with E-state index in [-0.39, 0.29) is 68.3 Å². The molecule has 386 valence electrons. The highest BCUT2D eigenvalue weighted by Gasteiger charge is 2.56. The van der Waals surface area contributed by atoms with E-state index in [2.05, 4.69) is 31.5 Å². The van der Waals surface area contributed by atoms with Crippen LogP contribution in [0.5, 0.6) is 0 Å². The minimum Gasteiger partial charge on any atom is -0.379 e. The van der Waals surface area contributed by atoms with E-state index in [4.69, 9.17) is 14.2 Å². The Hall–Kier alpha value is -3.29. The molecule has 11 unspecified atom stereocenters. The maximum atomic E-state index is 13.4. The number of carbonyl (C=O) groups excluding carboxylic acids is 7. The van der Waals surface area contributed by atoms with Crippen LogP contribution in [0.15, 0.2) is 0 Å². The van der Waals surface area contributed by atoms with Crippen molar-refractivity contribution in [1.82, 2.24) is 45.6 Å². The van der Waals surface area contributed by atoms with Gasteiger partial charge in [0.2, 0.25) is 51.4 Å². The van der Waals surface area contributed by atoms with Gasteiger partial charge in [0.15, 0.2) is 0 Å². The van der Waals surface area contributed by atoms with Crippen LogP contribution in [-0.2, 0) is 57.8 Å². The van der Waals surface area contributed by atoms with E-state index in [0.717, 1.165) is 55.8 Å². The lowest BCUT2D eigenvalue weighted by Crippen LogP contribution is -2.58. The summed E-state index contributed by atoms with van der Waals surface area (Å²) in [5.74, 6) is -1.07. The number of ether oxygens (including phenoxy) is 3. The van der Waals surface area contributed by atoms with Gasteiger partial charge in [0, 0.05) is 57.5 Å². The number of imide groups is 2. The largest absolute Gasteiger partial charge is 0.379 e. The molecular weight excluding hydrogens is 935 g/mol. The number of nitrogens with one attached hydrogen (secondary N) is 5. The smallest absolute Gasteiger partial charge is 0.249 e. The van der Waals surface area contributed by atoms with E-state index in [1.165, 1.54) is 30.0 Å². The predicted molar refractivity (Wildman–Crippen MR) is 252 cm³/mol. The molecule has 7 amide bonds. The van der Waals surface area contributed by atoms with E-state index >= 15 is 0 Å². The van der Waals surface area contributed by atoms with Gasteiger partial charge in [-0.3, -0.25) is 54.0 Å². The number of amides is 7. The number of piperidine rings is 2. The average Bonchev–Trinajstić information content (AvgIpc) is 4.10. The number of carbonyl (C=O) groups is 7. The molecule has 6 aliphatic heterocycles. The Morgan fingerprint density at radius 3 is 2.32 bits per heavy atom. The zero-order valence-corrected chi connectivity index (χ0v) is 41.6. The number of fused-ring (bicyclic) bond motifs is 1. The molecule has 2 aliphatic carbocycles. The van der Waals surface area contributed by atoms with Crippen molar-refractivity contribution in [3.63, 3.8) is 0 Å². The summed E-state index contributed by atoms with van der Waals surface area (Å²) in [6, 6.07) is -0.643. The predicted octanol–water partition coefficient (Wildman–Crippen LogP) is -0.836. The Labute approximate surface area is 409 Å². The first-order chi connectivity index (χ1) is 33.2. The number of hydrogen-bond acceptors (Lipinski definition) is 16. The molecule has 23 heteroatoms. The van der Waals surface area contributed by atoms with E-state index in [1.807, 2.05) is 4.90 Å². The number of hydrogen-bond donors (Lipinski definition) is 5.